The maximum absolute atomic E-state index is 13.0. The van der Waals surface area contributed by atoms with Crippen molar-refractivity contribution in [1.29, 1.82) is 0 Å². The number of ether oxygens (including phenoxy) is 1. The normalized spacial score (nSPS) is 57.4. The van der Waals surface area contributed by atoms with Gasteiger partial charge in [0.15, 0.2) is 0 Å². The molecule has 0 saturated carbocycles. The molecule has 4 nitrogen and oxygen atoms in total. The summed E-state index contributed by atoms with van der Waals surface area (Å²) in [4.78, 5) is 16.0. The molecule has 21 heavy (non-hydrogen) atoms. The van der Waals surface area contributed by atoms with E-state index in [9.17, 15) is 4.79 Å². The van der Waals surface area contributed by atoms with Gasteiger partial charge in [0.05, 0.1) is 8.30 Å². The third-order valence-corrected chi connectivity index (χ3v) is 3.36. The molecule has 4 rings (SSSR count). The van der Waals surface area contributed by atoms with Crippen molar-refractivity contribution in [3.63, 3.8) is 0 Å². The predicted molar refractivity (Wildman–Crippen MR) is 81.3 cm³/mol. The van der Waals surface area contributed by atoms with Gasteiger partial charge in [-0.3, -0.25) is 0 Å². The summed E-state index contributed by atoms with van der Waals surface area (Å²) >= 11 is 0. The first kappa shape index (κ1) is 5.43. The van der Waals surface area contributed by atoms with Crippen molar-refractivity contribution in [2.45, 2.75) is 43.6 Å². The maximum Gasteiger partial charge on any atom is 0.340 e. The fourth-order valence-electron chi connectivity index (χ4n) is 2.24. The van der Waals surface area contributed by atoms with Crippen molar-refractivity contribution in [2.24, 2.45) is 0 Å². The van der Waals surface area contributed by atoms with E-state index in [1.807, 2.05) is 0 Å². The molecule has 2 saturated heterocycles. The van der Waals surface area contributed by atoms with Crippen LogP contribution < -0.4 is 0 Å². The van der Waals surface area contributed by atoms with Crippen LogP contribution in [0.1, 0.15) is 52.3 Å². The number of para-hydroxylation sites is 1. The Kier molecular flexibility index (Phi) is 1.26. The van der Waals surface area contributed by atoms with Crippen LogP contribution in [0.5, 0.6) is 0 Å². The molecular weight excluding hydrogens is 264 g/mol. The average molecular weight is 296 g/mol. The number of piperidine rings is 1. The number of carbonyl (C=O) groups excluding carboxylic acids is 1. The number of carbonyl (C=O) groups is 1. The van der Waals surface area contributed by atoms with E-state index in [4.69, 9.17) is 21.2 Å². The lowest BCUT2D eigenvalue weighted by Crippen LogP contribution is -2.43. The second-order valence-electron chi connectivity index (χ2n) is 4.64. The van der Waals surface area contributed by atoms with Gasteiger partial charge in [-0.05, 0) is 25.8 Å². The first-order valence-corrected chi connectivity index (χ1v) is 6.33. The van der Waals surface area contributed by atoms with Crippen LogP contribution >= 0.6 is 0 Å². The number of esters is 1. The highest BCUT2D eigenvalue weighted by atomic mass is 16.5. The summed E-state index contributed by atoms with van der Waals surface area (Å²) < 4.78 is 106. The molecule has 2 fully saturated rings. The minimum absolute atomic E-state index is 0.0201. The molecule has 2 aliphatic heterocycles. The molecule has 2 bridgehead atoms. The molecule has 110 valence electrons. The van der Waals surface area contributed by atoms with Crippen LogP contribution in [0.4, 0.5) is 0 Å². The molecule has 4 heteroatoms. The first-order valence-electron chi connectivity index (χ1n) is 12.3. The van der Waals surface area contributed by atoms with Crippen LogP contribution in [0.15, 0.2) is 30.4 Å². The number of H-pyrrole nitrogens is 1. The summed E-state index contributed by atoms with van der Waals surface area (Å²) in [6, 6.07) is -2.27. The minimum atomic E-state index is -3.70. The number of aromatic nitrogens is 1. The third kappa shape index (κ3) is 2.14. The van der Waals surface area contributed by atoms with Crippen molar-refractivity contribution in [3.05, 3.63) is 36.0 Å². The second kappa shape index (κ2) is 4.88. The van der Waals surface area contributed by atoms with Gasteiger partial charge < -0.3 is 14.6 Å². The van der Waals surface area contributed by atoms with Gasteiger partial charge in [-0.15, -0.1) is 0 Å². The number of fused-ring (bicyclic) bond motifs is 3. The fraction of sp³-hybridized carbons (Fsp3) is 0.471. The largest absolute Gasteiger partial charge is 0.459 e. The Balaban J connectivity index is 1.93. The lowest BCUT2D eigenvalue weighted by molar-refractivity contribution is -0.000258. The van der Waals surface area contributed by atoms with E-state index in [1.54, 1.807) is 0 Å². The first-order chi connectivity index (χ1) is 14.8. The molecule has 0 radical (unpaired) electrons. The third-order valence-electron chi connectivity index (χ3n) is 3.36. The van der Waals surface area contributed by atoms with Crippen LogP contribution in [0, 0.1) is 0 Å². The van der Waals surface area contributed by atoms with Crippen molar-refractivity contribution in [1.82, 2.24) is 9.88 Å². The zero-order valence-corrected chi connectivity index (χ0v) is 11.1. The Morgan fingerprint density at radius 3 is 3.00 bits per heavy atom. The van der Waals surface area contributed by atoms with Crippen LogP contribution in [0.2, 0.25) is 0 Å². The summed E-state index contributed by atoms with van der Waals surface area (Å²) in [6.45, 7) is 0. The van der Waals surface area contributed by atoms with Gasteiger partial charge in [0, 0.05) is 55.6 Å². The zero-order valence-electron chi connectivity index (χ0n) is 23.1. The minimum Gasteiger partial charge on any atom is -0.459 e. The lowest BCUT2D eigenvalue weighted by atomic mass is 10.0. The number of benzene rings is 1. The number of hydrogen-bond acceptors (Lipinski definition) is 3. The number of rotatable bonds is 2. The lowest BCUT2D eigenvalue weighted by Gasteiger charge is -2.35. The van der Waals surface area contributed by atoms with Gasteiger partial charge in [0.2, 0.25) is 0 Å². The predicted octanol–water partition coefficient (Wildman–Crippen LogP) is 2.95. The number of nitrogens with zero attached hydrogens (tertiary/aromatic N) is 1. The Bertz CT molecular complexity index is 1140. The van der Waals surface area contributed by atoms with E-state index < -0.39 is 49.6 Å². The summed E-state index contributed by atoms with van der Waals surface area (Å²) in [5, 5.41) is 0.167. The van der Waals surface area contributed by atoms with Gasteiger partial charge in [-0.2, -0.15) is 0 Å². The van der Waals surface area contributed by atoms with Crippen LogP contribution in [0.25, 0.3) is 10.9 Å². The maximum atomic E-state index is 13.0. The highest BCUT2D eigenvalue weighted by Gasteiger charge is 2.40. The Labute approximate surface area is 140 Å². The molecule has 1 N–H and O–H groups in total. The van der Waals surface area contributed by atoms with Gasteiger partial charge in [-0.25, -0.2) is 4.79 Å². The Morgan fingerprint density at radius 2 is 2.24 bits per heavy atom. The van der Waals surface area contributed by atoms with E-state index in [1.165, 1.54) is 18.2 Å². The molecule has 1 unspecified atom stereocenters. The average Bonchev–Trinajstić information content (AvgIpc) is 3.17. The van der Waals surface area contributed by atoms with Gasteiger partial charge in [-0.1, -0.05) is 18.2 Å². The number of hydrogen-bond donors (Lipinski definition) is 1. The molecule has 1 aromatic heterocycles. The fourth-order valence-corrected chi connectivity index (χ4v) is 2.24. The van der Waals surface area contributed by atoms with Crippen molar-refractivity contribution >= 4 is 16.9 Å². The molecule has 3 heterocycles. The smallest absolute Gasteiger partial charge is 0.340 e. The van der Waals surface area contributed by atoms with Crippen molar-refractivity contribution in [3.8, 4) is 0 Å². The van der Waals surface area contributed by atoms with Crippen LogP contribution in [-0.4, -0.2) is 41.0 Å². The monoisotopic (exact) mass is 296 g/mol. The van der Waals surface area contributed by atoms with Gasteiger partial charge in [0.1, 0.15) is 6.08 Å². The molecule has 0 aliphatic carbocycles. The van der Waals surface area contributed by atoms with E-state index in [0.29, 0.717) is 4.90 Å². The molecule has 3 atom stereocenters. The van der Waals surface area contributed by atoms with Gasteiger partial charge >= 0.3 is 5.97 Å². The zero-order chi connectivity index (χ0) is 25.2. The summed E-state index contributed by atoms with van der Waals surface area (Å²) in [5.74, 6) is -1.41. The van der Waals surface area contributed by atoms with Crippen molar-refractivity contribution in [2.75, 3.05) is 7.05 Å². The second-order valence-corrected chi connectivity index (χ2v) is 4.64. The highest BCUT2D eigenvalue weighted by Crippen LogP contribution is 2.35. The van der Waals surface area contributed by atoms with Crippen LogP contribution in [-0.2, 0) is 4.74 Å². The highest BCUT2D eigenvalue weighted by molar-refractivity contribution is 6.04. The topological polar surface area (TPSA) is 45.3 Å². The van der Waals surface area contributed by atoms with Crippen LogP contribution in [0.3, 0.4) is 0 Å². The summed E-state index contributed by atoms with van der Waals surface area (Å²) in [5.41, 5.74) is -0.0489. The summed E-state index contributed by atoms with van der Waals surface area (Å²) in [7, 11) is 0.842. The number of nitrogens with one attached hydrogen (secondary N) is 1. The summed E-state index contributed by atoms with van der Waals surface area (Å²) in [6.07, 6.45) is -16.9. The molecule has 1 aromatic carbocycles. The Hall–Kier alpha value is -1.81. The SMILES string of the molecule is [2H]c1cccc2c(C(=O)OC3([2H])C([2H])([2H])[C@]4([2H])N(C)[C@]([2H])(C3([2H])[2H])C([2H])([2H])C4([2H])[2H])c[nH]c12. The van der Waals surface area contributed by atoms with E-state index in [0.717, 1.165) is 13.2 Å². The van der Waals surface area contributed by atoms with E-state index >= 15 is 0 Å². The Morgan fingerprint density at radius 1 is 1.48 bits per heavy atom. The quantitative estimate of drug-likeness (QED) is 0.867. The molecule has 0 amide bonds. The molecular formula is C17H20N2O2. The molecule has 2 aliphatic rings. The molecule has 2 aromatic rings. The van der Waals surface area contributed by atoms with Crippen molar-refractivity contribution < 1.29 is 26.0 Å². The van der Waals surface area contributed by atoms with E-state index in [2.05, 4.69) is 4.98 Å². The van der Waals surface area contributed by atoms with Gasteiger partial charge in [0.25, 0.3) is 0 Å². The molecule has 0 spiro atoms. The van der Waals surface area contributed by atoms with E-state index in [-0.39, 0.29) is 22.5 Å². The number of aromatic amines is 1. The standard InChI is InChI=1S/C17H20N2O2/c1-19-11-6-7-12(19)9-13(8-11)21-17(20)15-10-18-16-5-3-2-4-14(15)16/h2-5,10-13,18H,6-9H2,1H3/t11-,12+,13?/i5D,6D2,7D2,8D2,9D2,11D,12D,13D.